The largest absolute Gasteiger partial charge is 0.352 e. The van der Waals surface area contributed by atoms with Crippen LogP contribution in [0.2, 0.25) is 0 Å². The summed E-state index contributed by atoms with van der Waals surface area (Å²) >= 11 is 0. The molecule has 0 spiro atoms. The van der Waals surface area contributed by atoms with Gasteiger partial charge in [-0.2, -0.15) is 0 Å². The van der Waals surface area contributed by atoms with Gasteiger partial charge in [0, 0.05) is 18.2 Å². The van der Waals surface area contributed by atoms with Gasteiger partial charge < -0.3 is 21.7 Å². The molecule has 21 heavy (non-hydrogen) atoms. The molecule has 0 saturated carbocycles. The van der Waals surface area contributed by atoms with Gasteiger partial charge in [0.15, 0.2) is 0 Å². The highest BCUT2D eigenvalue weighted by Crippen LogP contribution is 2.12. The summed E-state index contributed by atoms with van der Waals surface area (Å²) in [6, 6.07) is 6.82. The maximum Gasteiger partial charge on any atom is 0.312 e. The molecule has 0 aromatic heterocycles. The van der Waals surface area contributed by atoms with Gasteiger partial charge in [-0.1, -0.05) is 19.1 Å². The van der Waals surface area contributed by atoms with E-state index in [1.54, 1.807) is 12.1 Å². The van der Waals surface area contributed by atoms with Crippen molar-refractivity contribution in [3.05, 3.63) is 35.4 Å². The van der Waals surface area contributed by atoms with Crippen LogP contribution in [0.25, 0.3) is 0 Å². The number of benzene rings is 1. The van der Waals surface area contributed by atoms with Crippen molar-refractivity contribution in [2.45, 2.75) is 25.9 Å². The van der Waals surface area contributed by atoms with Crippen LogP contribution < -0.4 is 21.7 Å². The highest BCUT2D eigenvalue weighted by atomic mass is 16.2. The second-order valence-corrected chi connectivity index (χ2v) is 5.46. The maximum atomic E-state index is 12.2. The molecule has 1 saturated heterocycles. The van der Waals surface area contributed by atoms with Crippen LogP contribution in [-0.2, 0) is 6.54 Å². The number of primary amides is 1. The van der Waals surface area contributed by atoms with Crippen LogP contribution >= 0.6 is 0 Å². The van der Waals surface area contributed by atoms with E-state index in [4.69, 9.17) is 5.73 Å². The summed E-state index contributed by atoms with van der Waals surface area (Å²) in [5, 5.41) is 8.91. The van der Waals surface area contributed by atoms with Gasteiger partial charge in [0.25, 0.3) is 5.91 Å². The molecule has 2 rings (SSSR count). The summed E-state index contributed by atoms with van der Waals surface area (Å²) in [6.45, 7) is 4.37. The lowest BCUT2D eigenvalue weighted by Gasteiger charge is -2.30. The van der Waals surface area contributed by atoms with E-state index in [1.807, 2.05) is 12.1 Å². The van der Waals surface area contributed by atoms with Crippen molar-refractivity contribution in [2.75, 3.05) is 13.1 Å². The van der Waals surface area contributed by atoms with Gasteiger partial charge in [0.1, 0.15) is 0 Å². The Labute approximate surface area is 124 Å². The predicted molar refractivity (Wildman–Crippen MR) is 80.8 cm³/mol. The molecule has 5 N–H and O–H groups in total. The van der Waals surface area contributed by atoms with Gasteiger partial charge in [-0.15, -0.1) is 0 Å². The fraction of sp³-hybridized carbons (Fsp3) is 0.467. The first-order valence-corrected chi connectivity index (χ1v) is 7.20. The van der Waals surface area contributed by atoms with Crippen molar-refractivity contribution in [3.63, 3.8) is 0 Å². The number of urea groups is 1. The van der Waals surface area contributed by atoms with Crippen LogP contribution in [0.15, 0.2) is 24.3 Å². The molecule has 2 unspecified atom stereocenters. The third-order valence-electron chi connectivity index (χ3n) is 3.78. The zero-order chi connectivity index (χ0) is 15.2. The summed E-state index contributed by atoms with van der Waals surface area (Å²) < 4.78 is 0. The second-order valence-electron chi connectivity index (χ2n) is 5.46. The van der Waals surface area contributed by atoms with Crippen molar-refractivity contribution < 1.29 is 9.59 Å². The number of carbonyl (C=O) groups excluding carboxylic acids is 2. The van der Waals surface area contributed by atoms with E-state index >= 15 is 0 Å². The zero-order valence-corrected chi connectivity index (χ0v) is 12.2. The van der Waals surface area contributed by atoms with E-state index in [-0.39, 0.29) is 11.9 Å². The molecule has 1 aromatic carbocycles. The molecule has 0 aliphatic carbocycles. The molecule has 1 fully saturated rings. The van der Waals surface area contributed by atoms with Crippen LogP contribution in [0.4, 0.5) is 4.79 Å². The average molecular weight is 290 g/mol. The van der Waals surface area contributed by atoms with Crippen molar-refractivity contribution in [1.29, 1.82) is 0 Å². The number of piperidine rings is 1. The van der Waals surface area contributed by atoms with E-state index < -0.39 is 6.03 Å². The van der Waals surface area contributed by atoms with E-state index in [1.165, 1.54) is 0 Å². The quantitative estimate of drug-likeness (QED) is 0.653. The number of nitrogens with one attached hydrogen (secondary N) is 3. The van der Waals surface area contributed by atoms with Crippen LogP contribution in [0, 0.1) is 5.92 Å². The van der Waals surface area contributed by atoms with E-state index in [0.717, 1.165) is 25.1 Å². The highest BCUT2D eigenvalue weighted by molar-refractivity contribution is 5.94. The average Bonchev–Trinajstić information content (AvgIpc) is 2.48. The number of hydrogen-bond donors (Lipinski definition) is 4. The second kappa shape index (κ2) is 7.08. The first kappa shape index (κ1) is 15.3. The molecular weight excluding hydrogens is 268 g/mol. The highest BCUT2D eigenvalue weighted by Gasteiger charge is 2.22. The van der Waals surface area contributed by atoms with Crippen molar-refractivity contribution in [2.24, 2.45) is 11.7 Å². The molecule has 2 atom stereocenters. The molecule has 0 radical (unpaired) electrons. The van der Waals surface area contributed by atoms with E-state index in [2.05, 4.69) is 22.9 Å². The number of amides is 3. The monoisotopic (exact) mass is 290 g/mol. The van der Waals surface area contributed by atoms with Gasteiger partial charge >= 0.3 is 6.03 Å². The molecule has 3 amide bonds. The minimum atomic E-state index is -0.559. The molecular formula is C15H22N4O2. The molecule has 1 aliphatic heterocycles. The first-order valence-electron chi connectivity index (χ1n) is 7.20. The fourth-order valence-electron chi connectivity index (χ4n) is 2.44. The summed E-state index contributed by atoms with van der Waals surface area (Å²) in [7, 11) is 0. The van der Waals surface area contributed by atoms with Crippen molar-refractivity contribution in [1.82, 2.24) is 16.0 Å². The standard InChI is InChI=1S/C15H22N4O2/c1-10-8-17-7-6-13(10)19-14(20)12-4-2-11(3-5-12)9-18-15(16)21/h2-5,10,13,17H,6-9H2,1H3,(H,19,20)(H3,16,18,21). The Morgan fingerprint density at radius 3 is 2.67 bits per heavy atom. The van der Waals surface area contributed by atoms with Gasteiger partial charge in [0.05, 0.1) is 0 Å². The molecule has 1 heterocycles. The Hall–Kier alpha value is -2.08. The van der Waals surface area contributed by atoms with E-state index in [9.17, 15) is 9.59 Å². The van der Waals surface area contributed by atoms with Crippen LogP contribution in [0.1, 0.15) is 29.3 Å². The Balaban J connectivity index is 1.91. The molecule has 6 heteroatoms. The van der Waals surface area contributed by atoms with Crippen molar-refractivity contribution >= 4 is 11.9 Å². The maximum absolute atomic E-state index is 12.2. The summed E-state index contributed by atoms with van der Waals surface area (Å²) in [5.41, 5.74) is 6.55. The third-order valence-corrected chi connectivity index (χ3v) is 3.78. The van der Waals surface area contributed by atoms with Gasteiger partial charge in [-0.25, -0.2) is 4.79 Å². The minimum Gasteiger partial charge on any atom is -0.352 e. The molecule has 1 aromatic rings. The number of carbonyl (C=O) groups is 2. The number of rotatable bonds is 4. The normalized spacial score (nSPS) is 21.6. The third kappa shape index (κ3) is 4.46. The van der Waals surface area contributed by atoms with Gasteiger partial charge in [0.2, 0.25) is 0 Å². The van der Waals surface area contributed by atoms with Crippen LogP contribution in [0.3, 0.4) is 0 Å². The summed E-state index contributed by atoms with van der Waals surface area (Å²) in [4.78, 5) is 22.9. The Morgan fingerprint density at radius 1 is 1.33 bits per heavy atom. The molecule has 1 aliphatic rings. The predicted octanol–water partition coefficient (Wildman–Crippen LogP) is 0.583. The Morgan fingerprint density at radius 2 is 2.05 bits per heavy atom. The molecule has 114 valence electrons. The lowest BCUT2D eigenvalue weighted by Crippen LogP contribution is -2.48. The molecule has 6 nitrogen and oxygen atoms in total. The van der Waals surface area contributed by atoms with Crippen molar-refractivity contribution in [3.8, 4) is 0 Å². The topological polar surface area (TPSA) is 96.2 Å². The van der Waals surface area contributed by atoms with E-state index in [0.29, 0.717) is 18.0 Å². The van der Waals surface area contributed by atoms with Crippen LogP contribution in [0.5, 0.6) is 0 Å². The lowest BCUT2D eigenvalue weighted by molar-refractivity contribution is 0.0914. The summed E-state index contributed by atoms with van der Waals surface area (Å²) in [6.07, 6.45) is 0.952. The van der Waals surface area contributed by atoms with Gasteiger partial charge in [-0.3, -0.25) is 4.79 Å². The number of hydrogen-bond acceptors (Lipinski definition) is 3. The van der Waals surface area contributed by atoms with Crippen LogP contribution in [-0.4, -0.2) is 31.1 Å². The lowest BCUT2D eigenvalue weighted by atomic mass is 9.95. The number of nitrogens with two attached hydrogens (primary N) is 1. The first-order chi connectivity index (χ1) is 10.1. The summed E-state index contributed by atoms with van der Waals surface area (Å²) in [5.74, 6) is 0.380. The Kier molecular flexibility index (Phi) is 5.16. The molecule has 0 bridgehead atoms. The zero-order valence-electron chi connectivity index (χ0n) is 12.2. The minimum absolute atomic E-state index is 0.0526. The Bertz CT molecular complexity index is 501. The fourth-order valence-corrected chi connectivity index (χ4v) is 2.44. The smallest absolute Gasteiger partial charge is 0.312 e. The SMILES string of the molecule is CC1CNCCC1NC(=O)c1ccc(CNC(N)=O)cc1. The van der Waals surface area contributed by atoms with Gasteiger partial charge in [-0.05, 0) is 43.1 Å².